The second-order valence-corrected chi connectivity index (χ2v) is 4.84. The maximum Gasteiger partial charge on any atom is 0.205 e. The summed E-state index contributed by atoms with van der Waals surface area (Å²) in [7, 11) is 0. The van der Waals surface area contributed by atoms with Crippen molar-refractivity contribution >= 4 is 11.8 Å². The molecule has 0 aliphatic rings. The van der Waals surface area contributed by atoms with Crippen molar-refractivity contribution in [1.82, 2.24) is 14.8 Å². The molecule has 98 valence electrons. The lowest BCUT2D eigenvalue weighted by Crippen LogP contribution is -1.99. The zero-order valence-corrected chi connectivity index (χ0v) is 11.2. The summed E-state index contributed by atoms with van der Waals surface area (Å²) >= 11 is 1.35. The Kier molecular flexibility index (Phi) is 3.52. The zero-order valence-electron chi connectivity index (χ0n) is 10.4. The summed E-state index contributed by atoms with van der Waals surface area (Å²) in [5, 5.41) is 17.7. The third-order valence-corrected chi connectivity index (χ3v) is 3.45. The van der Waals surface area contributed by atoms with E-state index < -0.39 is 0 Å². The van der Waals surface area contributed by atoms with Gasteiger partial charge in [-0.25, -0.2) is 0 Å². The molecule has 0 N–H and O–H groups in total. The minimum absolute atomic E-state index is 0.323. The van der Waals surface area contributed by atoms with Gasteiger partial charge in [0.25, 0.3) is 0 Å². The van der Waals surface area contributed by atoms with Gasteiger partial charge in [-0.05, 0) is 24.3 Å². The van der Waals surface area contributed by atoms with Crippen molar-refractivity contribution < 1.29 is 4.42 Å². The molecule has 3 rings (SSSR count). The maximum absolute atomic E-state index is 8.73. The molecule has 5 nitrogen and oxygen atoms in total. The Morgan fingerprint density at radius 3 is 2.70 bits per heavy atom. The first-order valence-corrected chi connectivity index (χ1v) is 6.93. The summed E-state index contributed by atoms with van der Waals surface area (Å²) in [5.74, 6) is 1.59. The monoisotopic (exact) mass is 282 g/mol. The highest BCUT2D eigenvalue weighted by Crippen LogP contribution is 2.27. The zero-order chi connectivity index (χ0) is 13.8. The number of rotatable bonds is 4. The standard InChI is InChI=1S/C14H10N4OS/c15-8-10-20-14-17-16-13(12-7-4-9-19-12)18(14)11-5-2-1-3-6-11/h1-7,9H,10H2. The lowest BCUT2D eigenvalue weighted by atomic mass is 10.3. The van der Waals surface area contributed by atoms with Crippen LogP contribution in [0.5, 0.6) is 0 Å². The van der Waals surface area contributed by atoms with Gasteiger partial charge in [-0.15, -0.1) is 10.2 Å². The highest BCUT2D eigenvalue weighted by Gasteiger charge is 2.17. The fourth-order valence-electron chi connectivity index (χ4n) is 1.84. The van der Waals surface area contributed by atoms with E-state index in [2.05, 4.69) is 16.3 Å². The Bertz CT molecular complexity index is 728. The molecule has 3 aromatic rings. The molecule has 0 saturated carbocycles. The SMILES string of the molecule is N#CCSc1nnc(-c2ccco2)n1-c1ccccc1. The average molecular weight is 282 g/mol. The van der Waals surface area contributed by atoms with E-state index in [9.17, 15) is 0 Å². The highest BCUT2D eigenvalue weighted by atomic mass is 32.2. The first-order chi connectivity index (χ1) is 9.90. The third-order valence-electron chi connectivity index (χ3n) is 2.66. The van der Waals surface area contributed by atoms with Gasteiger partial charge in [-0.2, -0.15) is 5.26 Å². The Morgan fingerprint density at radius 2 is 2.00 bits per heavy atom. The van der Waals surface area contributed by atoms with Crippen LogP contribution in [0.1, 0.15) is 0 Å². The number of nitriles is 1. The van der Waals surface area contributed by atoms with Crippen LogP contribution in [0.2, 0.25) is 0 Å². The molecule has 0 radical (unpaired) electrons. The number of hydrogen-bond acceptors (Lipinski definition) is 5. The van der Waals surface area contributed by atoms with Crippen LogP contribution in [0.4, 0.5) is 0 Å². The van der Waals surface area contributed by atoms with Crippen LogP contribution in [0.15, 0.2) is 58.3 Å². The van der Waals surface area contributed by atoms with E-state index in [1.165, 1.54) is 11.8 Å². The number of aromatic nitrogens is 3. The molecule has 0 bridgehead atoms. The van der Waals surface area contributed by atoms with Crippen molar-refractivity contribution in [2.24, 2.45) is 0 Å². The maximum atomic E-state index is 8.73. The van der Waals surface area contributed by atoms with Crippen LogP contribution in [-0.2, 0) is 0 Å². The third kappa shape index (κ3) is 2.31. The number of thioether (sulfide) groups is 1. The molecule has 20 heavy (non-hydrogen) atoms. The molecule has 0 aliphatic carbocycles. The number of benzene rings is 1. The minimum atomic E-state index is 0.323. The van der Waals surface area contributed by atoms with E-state index in [1.54, 1.807) is 12.3 Å². The number of hydrogen-bond donors (Lipinski definition) is 0. The average Bonchev–Trinajstić information content (AvgIpc) is 3.15. The Labute approximate surface area is 119 Å². The highest BCUT2D eigenvalue weighted by molar-refractivity contribution is 7.99. The Balaban J connectivity index is 2.12. The Hall–Kier alpha value is -2.52. The number of nitrogens with zero attached hydrogens (tertiary/aromatic N) is 4. The molecule has 2 heterocycles. The molecule has 0 spiro atoms. The van der Waals surface area contributed by atoms with Gasteiger partial charge >= 0.3 is 0 Å². The topological polar surface area (TPSA) is 67.6 Å². The van der Waals surface area contributed by atoms with E-state index >= 15 is 0 Å². The van der Waals surface area contributed by atoms with E-state index in [0.29, 0.717) is 22.5 Å². The van der Waals surface area contributed by atoms with Crippen LogP contribution in [-0.4, -0.2) is 20.5 Å². The predicted molar refractivity (Wildman–Crippen MR) is 75.4 cm³/mol. The van der Waals surface area contributed by atoms with E-state index in [0.717, 1.165) is 5.69 Å². The number of para-hydroxylation sites is 1. The van der Waals surface area contributed by atoms with E-state index in [-0.39, 0.29) is 0 Å². The van der Waals surface area contributed by atoms with Crippen molar-refractivity contribution in [2.75, 3.05) is 5.75 Å². The van der Waals surface area contributed by atoms with Gasteiger partial charge in [0, 0.05) is 5.69 Å². The quantitative estimate of drug-likeness (QED) is 0.688. The smallest absolute Gasteiger partial charge is 0.205 e. The molecular weight excluding hydrogens is 272 g/mol. The summed E-state index contributed by atoms with van der Waals surface area (Å²) < 4.78 is 7.29. The van der Waals surface area contributed by atoms with Gasteiger partial charge in [-0.3, -0.25) is 4.57 Å². The lowest BCUT2D eigenvalue weighted by Gasteiger charge is -2.07. The number of furan rings is 1. The van der Waals surface area contributed by atoms with Gasteiger partial charge in [0.05, 0.1) is 18.1 Å². The van der Waals surface area contributed by atoms with Gasteiger partial charge in [-0.1, -0.05) is 30.0 Å². The molecule has 2 aromatic heterocycles. The second kappa shape index (κ2) is 5.63. The Morgan fingerprint density at radius 1 is 1.15 bits per heavy atom. The molecule has 1 aromatic carbocycles. The van der Waals surface area contributed by atoms with Crippen molar-refractivity contribution in [1.29, 1.82) is 5.26 Å². The van der Waals surface area contributed by atoms with Crippen molar-refractivity contribution in [2.45, 2.75) is 5.16 Å². The summed E-state index contributed by atoms with van der Waals surface area (Å²) in [6.07, 6.45) is 1.60. The normalized spacial score (nSPS) is 10.3. The largest absolute Gasteiger partial charge is 0.461 e. The van der Waals surface area contributed by atoms with E-state index in [4.69, 9.17) is 9.68 Å². The van der Waals surface area contributed by atoms with Gasteiger partial charge in [0.2, 0.25) is 5.82 Å². The predicted octanol–water partition coefficient (Wildman–Crippen LogP) is 3.14. The summed E-state index contributed by atoms with van der Waals surface area (Å²) in [6, 6.07) is 15.5. The summed E-state index contributed by atoms with van der Waals surface area (Å²) in [6.45, 7) is 0. The van der Waals surface area contributed by atoms with Crippen LogP contribution in [0.3, 0.4) is 0 Å². The molecule has 6 heteroatoms. The lowest BCUT2D eigenvalue weighted by molar-refractivity contribution is 0.575. The van der Waals surface area contributed by atoms with Crippen molar-refractivity contribution in [3.05, 3.63) is 48.7 Å². The van der Waals surface area contributed by atoms with Gasteiger partial charge in [0.1, 0.15) is 0 Å². The van der Waals surface area contributed by atoms with Crippen molar-refractivity contribution in [3.63, 3.8) is 0 Å². The fraction of sp³-hybridized carbons (Fsp3) is 0.0714. The van der Waals surface area contributed by atoms with E-state index in [1.807, 2.05) is 41.0 Å². The molecule has 0 fully saturated rings. The fourth-order valence-corrected chi connectivity index (χ4v) is 2.45. The molecule has 0 atom stereocenters. The molecule has 0 amide bonds. The van der Waals surface area contributed by atoms with Crippen LogP contribution >= 0.6 is 11.8 Å². The summed E-state index contributed by atoms with van der Waals surface area (Å²) in [4.78, 5) is 0. The second-order valence-electron chi connectivity index (χ2n) is 3.90. The first-order valence-electron chi connectivity index (χ1n) is 5.94. The van der Waals surface area contributed by atoms with Gasteiger partial charge in [0.15, 0.2) is 10.9 Å². The molecule has 0 saturated heterocycles. The van der Waals surface area contributed by atoms with Crippen LogP contribution in [0, 0.1) is 11.3 Å². The first kappa shape index (κ1) is 12.5. The van der Waals surface area contributed by atoms with Crippen molar-refractivity contribution in [3.8, 4) is 23.3 Å². The molecular formula is C14H10N4OS. The van der Waals surface area contributed by atoms with Crippen LogP contribution in [0.25, 0.3) is 17.3 Å². The van der Waals surface area contributed by atoms with Gasteiger partial charge < -0.3 is 4.42 Å². The molecule has 0 aliphatic heterocycles. The van der Waals surface area contributed by atoms with Crippen LogP contribution < -0.4 is 0 Å². The summed E-state index contributed by atoms with van der Waals surface area (Å²) in [5.41, 5.74) is 0.935. The minimum Gasteiger partial charge on any atom is -0.461 e. The molecule has 0 unspecified atom stereocenters.